The summed E-state index contributed by atoms with van der Waals surface area (Å²) in [7, 11) is 1.91. The lowest BCUT2D eigenvalue weighted by Crippen LogP contribution is -2.18. The summed E-state index contributed by atoms with van der Waals surface area (Å²) in [4.78, 5) is 0. The van der Waals surface area contributed by atoms with E-state index in [0.717, 1.165) is 35.2 Å². The number of nitrogens with zero attached hydrogens (tertiary/aromatic N) is 5. The Labute approximate surface area is 117 Å². The molecule has 19 heavy (non-hydrogen) atoms. The van der Waals surface area contributed by atoms with Crippen molar-refractivity contribution < 1.29 is 0 Å². The van der Waals surface area contributed by atoms with Gasteiger partial charge in [-0.15, -0.1) is 10.2 Å². The molecule has 0 saturated heterocycles. The molecule has 0 unspecified atom stereocenters. The van der Waals surface area contributed by atoms with Crippen LogP contribution in [-0.2, 0) is 33.1 Å². The lowest BCUT2D eigenvalue weighted by Gasteiger charge is -2.06. The molecular weight excluding hydrogens is 264 g/mol. The van der Waals surface area contributed by atoms with E-state index >= 15 is 0 Å². The van der Waals surface area contributed by atoms with Gasteiger partial charge in [0.1, 0.15) is 12.2 Å². The first-order valence-electron chi connectivity index (χ1n) is 6.45. The third-order valence-electron chi connectivity index (χ3n) is 3.11. The smallest absolute Gasteiger partial charge is 0.146 e. The number of halogens is 1. The normalized spacial score (nSPS) is 11.2. The summed E-state index contributed by atoms with van der Waals surface area (Å²) in [6.07, 6.45) is 2.58. The van der Waals surface area contributed by atoms with Crippen molar-refractivity contribution in [1.82, 2.24) is 29.9 Å². The highest BCUT2D eigenvalue weighted by Gasteiger charge is 2.12. The van der Waals surface area contributed by atoms with Crippen LogP contribution in [0.15, 0.2) is 6.33 Å². The van der Waals surface area contributed by atoms with Gasteiger partial charge in [-0.25, -0.2) is 0 Å². The Morgan fingerprint density at radius 3 is 2.74 bits per heavy atom. The molecule has 0 atom stereocenters. The predicted octanol–water partition coefficient (Wildman–Crippen LogP) is 1.54. The molecule has 0 bridgehead atoms. The van der Waals surface area contributed by atoms with Crippen LogP contribution in [0.3, 0.4) is 0 Å². The Hall–Kier alpha value is -1.40. The molecule has 0 aliphatic carbocycles. The lowest BCUT2D eigenvalue weighted by atomic mass is 10.3. The highest BCUT2D eigenvalue weighted by Crippen LogP contribution is 2.20. The molecule has 6 nitrogen and oxygen atoms in total. The average Bonchev–Trinajstić information content (AvgIpc) is 2.96. The van der Waals surface area contributed by atoms with Crippen LogP contribution >= 0.6 is 11.6 Å². The van der Waals surface area contributed by atoms with Crippen molar-refractivity contribution in [2.24, 2.45) is 7.05 Å². The third-order valence-corrected chi connectivity index (χ3v) is 3.55. The Balaban J connectivity index is 1.98. The van der Waals surface area contributed by atoms with Crippen LogP contribution in [-0.4, -0.2) is 24.5 Å². The van der Waals surface area contributed by atoms with E-state index in [1.807, 2.05) is 16.3 Å². The molecule has 0 aliphatic heterocycles. The van der Waals surface area contributed by atoms with Gasteiger partial charge in [0.2, 0.25) is 0 Å². The minimum atomic E-state index is 0.663. The fraction of sp³-hybridized carbons (Fsp3) is 0.583. The minimum absolute atomic E-state index is 0.663. The highest BCUT2D eigenvalue weighted by atomic mass is 35.5. The van der Waals surface area contributed by atoms with Crippen LogP contribution in [0.1, 0.15) is 31.1 Å². The van der Waals surface area contributed by atoms with Gasteiger partial charge in [-0.1, -0.05) is 18.5 Å². The molecule has 0 spiro atoms. The SMILES string of the molecule is CCc1nn(C)c(CNCc2nncn2CC)c1Cl. The van der Waals surface area contributed by atoms with Gasteiger partial charge < -0.3 is 9.88 Å². The molecule has 7 heteroatoms. The quantitative estimate of drug-likeness (QED) is 0.873. The number of hydrogen-bond acceptors (Lipinski definition) is 4. The first-order valence-corrected chi connectivity index (χ1v) is 6.82. The first-order chi connectivity index (χ1) is 9.17. The Morgan fingerprint density at radius 2 is 2.11 bits per heavy atom. The van der Waals surface area contributed by atoms with Gasteiger partial charge in [-0.2, -0.15) is 5.10 Å². The van der Waals surface area contributed by atoms with Crippen LogP contribution in [0.4, 0.5) is 0 Å². The standard InChI is InChI=1S/C12H19ClN6/c1-4-9-12(13)10(18(3)17-9)6-14-7-11-16-15-8-19(11)5-2/h8,14H,4-7H2,1-3H3. The van der Waals surface area contributed by atoms with E-state index in [9.17, 15) is 0 Å². The van der Waals surface area contributed by atoms with Crippen molar-refractivity contribution >= 4 is 11.6 Å². The zero-order valence-corrected chi connectivity index (χ0v) is 12.3. The van der Waals surface area contributed by atoms with Crippen molar-refractivity contribution in [3.05, 3.63) is 28.6 Å². The Bertz CT molecular complexity index is 544. The van der Waals surface area contributed by atoms with Gasteiger partial charge in [0, 0.05) is 20.1 Å². The number of aromatic nitrogens is 5. The van der Waals surface area contributed by atoms with E-state index in [2.05, 4.69) is 34.5 Å². The van der Waals surface area contributed by atoms with Crippen LogP contribution < -0.4 is 5.32 Å². The zero-order chi connectivity index (χ0) is 13.8. The average molecular weight is 283 g/mol. The fourth-order valence-electron chi connectivity index (χ4n) is 1.98. The molecule has 1 N–H and O–H groups in total. The van der Waals surface area contributed by atoms with E-state index in [4.69, 9.17) is 11.6 Å². The van der Waals surface area contributed by atoms with Gasteiger partial charge in [0.25, 0.3) is 0 Å². The fourth-order valence-corrected chi connectivity index (χ4v) is 2.35. The summed E-state index contributed by atoms with van der Waals surface area (Å²) in [5.74, 6) is 0.927. The number of hydrogen-bond donors (Lipinski definition) is 1. The second-order valence-corrected chi connectivity index (χ2v) is 4.70. The summed E-state index contributed by atoms with van der Waals surface area (Å²) < 4.78 is 3.84. The molecule has 0 aliphatic rings. The first kappa shape index (κ1) is 14.0. The lowest BCUT2D eigenvalue weighted by molar-refractivity contribution is 0.584. The van der Waals surface area contributed by atoms with E-state index in [0.29, 0.717) is 13.1 Å². The summed E-state index contributed by atoms with van der Waals surface area (Å²) in [6, 6.07) is 0. The van der Waals surface area contributed by atoms with Crippen molar-refractivity contribution in [3.63, 3.8) is 0 Å². The Morgan fingerprint density at radius 1 is 1.32 bits per heavy atom. The summed E-state index contributed by atoms with van der Waals surface area (Å²) in [5, 5.41) is 16.5. The van der Waals surface area contributed by atoms with Crippen LogP contribution in [0, 0.1) is 0 Å². The van der Waals surface area contributed by atoms with E-state index in [-0.39, 0.29) is 0 Å². The zero-order valence-electron chi connectivity index (χ0n) is 11.5. The molecule has 0 fully saturated rings. The van der Waals surface area contributed by atoms with Gasteiger partial charge >= 0.3 is 0 Å². The van der Waals surface area contributed by atoms with Crippen LogP contribution in [0.25, 0.3) is 0 Å². The molecule has 2 heterocycles. The van der Waals surface area contributed by atoms with Crippen molar-refractivity contribution in [3.8, 4) is 0 Å². The van der Waals surface area contributed by atoms with Gasteiger partial charge in [0.15, 0.2) is 0 Å². The predicted molar refractivity (Wildman–Crippen MR) is 73.8 cm³/mol. The molecular formula is C12H19ClN6. The molecule has 2 rings (SSSR count). The molecule has 0 saturated carbocycles. The van der Waals surface area contributed by atoms with Gasteiger partial charge in [-0.05, 0) is 13.3 Å². The molecule has 0 radical (unpaired) electrons. The van der Waals surface area contributed by atoms with Crippen molar-refractivity contribution in [2.75, 3.05) is 0 Å². The number of rotatable bonds is 6. The topological polar surface area (TPSA) is 60.6 Å². The van der Waals surface area contributed by atoms with Gasteiger partial charge in [-0.3, -0.25) is 4.68 Å². The van der Waals surface area contributed by atoms with Gasteiger partial charge in [0.05, 0.1) is 23.0 Å². The second-order valence-electron chi connectivity index (χ2n) is 4.32. The largest absolute Gasteiger partial charge is 0.317 e. The minimum Gasteiger partial charge on any atom is -0.317 e. The van der Waals surface area contributed by atoms with E-state index in [1.165, 1.54) is 0 Å². The molecule has 0 amide bonds. The van der Waals surface area contributed by atoms with E-state index < -0.39 is 0 Å². The summed E-state index contributed by atoms with van der Waals surface area (Å²) in [6.45, 7) is 6.32. The number of nitrogens with one attached hydrogen (secondary N) is 1. The highest BCUT2D eigenvalue weighted by molar-refractivity contribution is 6.31. The van der Waals surface area contributed by atoms with E-state index in [1.54, 1.807) is 6.33 Å². The van der Waals surface area contributed by atoms with Crippen LogP contribution in [0.2, 0.25) is 5.02 Å². The summed E-state index contributed by atoms with van der Waals surface area (Å²) >= 11 is 6.29. The maximum absolute atomic E-state index is 6.29. The Kier molecular flexibility index (Phi) is 4.55. The van der Waals surface area contributed by atoms with Crippen molar-refractivity contribution in [2.45, 2.75) is 39.9 Å². The third kappa shape index (κ3) is 2.96. The summed E-state index contributed by atoms with van der Waals surface area (Å²) in [5.41, 5.74) is 1.94. The number of aryl methyl sites for hydroxylation is 3. The molecule has 2 aromatic heterocycles. The second kappa shape index (κ2) is 6.16. The monoisotopic (exact) mass is 282 g/mol. The van der Waals surface area contributed by atoms with Crippen molar-refractivity contribution in [1.29, 1.82) is 0 Å². The molecule has 104 valence electrons. The molecule has 2 aromatic rings. The molecule has 0 aromatic carbocycles. The maximum Gasteiger partial charge on any atom is 0.146 e. The van der Waals surface area contributed by atoms with Crippen LogP contribution in [0.5, 0.6) is 0 Å². The maximum atomic E-state index is 6.29.